The van der Waals surface area contributed by atoms with Crippen LogP contribution in [0.25, 0.3) is 27.7 Å². The number of rotatable bonds is 1. The minimum absolute atomic E-state index is 0.135. The van der Waals surface area contributed by atoms with Gasteiger partial charge in [0, 0.05) is 16.5 Å². The maximum absolute atomic E-state index is 12.6. The van der Waals surface area contributed by atoms with E-state index in [-0.39, 0.29) is 5.75 Å². The average Bonchev–Trinajstić information content (AvgIpc) is 2.58. The summed E-state index contributed by atoms with van der Waals surface area (Å²) >= 11 is 0. The van der Waals surface area contributed by atoms with Crippen LogP contribution < -0.4 is 0 Å². The Hall–Kier alpha value is -3.27. The summed E-state index contributed by atoms with van der Waals surface area (Å²) in [5.74, 6) is -1.50. The maximum Gasteiger partial charge on any atom is 0.232 e. The van der Waals surface area contributed by atoms with Crippen molar-refractivity contribution in [3.8, 4) is 16.9 Å². The second-order valence-electron chi connectivity index (χ2n) is 5.47. The van der Waals surface area contributed by atoms with Crippen LogP contribution in [0.5, 0.6) is 5.75 Å². The van der Waals surface area contributed by atoms with Crippen molar-refractivity contribution in [3.05, 3.63) is 71.5 Å². The molecule has 0 saturated carbocycles. The van der Waals surface area contributed by atoms with Gasteiger partial charge in [0.05, 0.1) is 0 Å². The molecule has 1 aliphatic carbocycles. The number of benzene rings is 3. The van der Waals surface area contributed by atoms with Crippen LogP contribution in [0.4, 0.5) is 0 Å². The predicted molar refractivity (Wildman–Crippen MR) is 87.6 cm³/mol. The molecule has 0 spiro atoms. The van der Waals surface area contributed by atoms with Crippen molar-refractivity contribution in [2.75, 3.05) is 0 Å². The number of phenols is 1. The standard InChI is InChI=1S/C19H12O4/c20-12-7-4-10(5-8-12)13-9-6-11-2-1-3-14-15(11)16(13)18(22)19(23)17(14)21/h1-9,20-21,23H. The zero-order chi connectivity index (χ0) is 16.1. The number of allylic oxidation sites excluding steroid dienone is 1. The minimum Gasteiger partial charge on any atom is -0.508 e. The van der Waals surface area contributed by atoms with Crippen LogP contribution in [0.15, 0.2) is 60.4 Å². The third-order valence-corrected chi connectivity index (χ3v) is 4.15. The highest BCUT2D eigenvalue weighted by Gasteiger charge is 2.30. The molecule has 112 valence electrons. The summed E-state index contributed by atoms with van der Waals surface area (Å²) in [6.07, 6.45) is 0. The van der Waals surface area contributed by atoms with Crippen molar-refractivity contribution < 1.29 is 20.1 Å². The highest BCUT2D eigenvalue weighted by molar-refractivity contribution is 6.25. The fourth-order valence-corrected chi connectivity index (χ4v) is 3.05. The van der Waals surface area contributed by atoms with E-state index in [1.54, 1.807) is 42.5 Å². The Bertz CT molecular complexity index is 998. The van der Waals surface area contributed by atoms with E-state index in [4.69, 9.17) is 0 Å². The molecule has 3 aromatic rings. The lowest BCUT2D eigenvalue weighted by Gasteiger charge is -2.19. The van der Waals surface area contributed by atoms with Crippen molar-refractivity contribution >= 4 is 22.3 Å². The van der Waals surface area contributed by atoms with Crippen LogP contribution in [0.1, 0.15) is 15.9 Å². The van der Waals surface area contributed by atoms with Gasteiger partial charge in [0.15, 0.2) is 5.76 Å². The van der Waals surface area contributed by atoms with Crippen LogP contribution >= 0.6 is 0 Å². The number of carbonyl (C=O) groups is 1. The number of phenolic OH excluding ortho intramolecular Hbond substituents is 1. The third-order valence-electron chi connectivity index (χ3n) is 4.15. The molecule has 0 fully saturated rings. The van der Waals surface area contributed by atoms with Crippen molar-refractivity contribution in [2.45, 2.75) is 0 Å². The Morgan fingerprint density at radius 2 is 1.43 bits per heavy atom. The summed E-state index contributed by atoms with van der Waals surface area (Å²) in [5.41, 5.74) is 2.19. The molecule has 0 atom stereocenters. The van der Waals surface area contributed by atoms with Gasteiger partial charge in [-0.3, -0.25) is 4.79 Å². The summed E-state index contributed by atoms with van der Waals surface area (Å²) in [4.78, 5) is 12.6. The first kappa shape index (κ1) is 13.4. The Morgan fingerprint density at radius 3 is 2.17 bits per heavy atom. The van der Waals surface area contributed by atoms with Gasteiger partial charge < -0.3 is 15.3 Å². The van der Waals surface area contributed by atoms with E-state index in [1.807, 2.05) is 12.1 Å². The zero-order valence-corrected chi connectivity index (χ0v) is 11.9. The van der Waals surface area contributed by atoms with E-state index >= 15 is 0 Å². The minimum atomic E-state index is -0.642. The Balaban J connectivity index is 2.12. The van der Waals surface area contributed by atoms with E-state index in [9.17, 15) is 20.1 Å². The van der Waals surface area contributed by atoms with Crippen LogP contribution in [-0.4, -0.2) is 21.1 Å². The van der Waals surface area contributed by atoms with Crippen molar-refractivity contribution in [3.63, 3.8) is 0 Å². The summed E-state index contributed by atoms with van der Waals surface area (Å²) in [6.45, 7) is 0. The molecule has 1 aliphatic rings. The Labute approximate surface area is 131 Å². The number of hydrogen-bond acceptors (Lipinski definition) is 4. The first-order chi connectivity index (χ1) is 11.1. The number of carbonyl (C=O) groups excluding carboxylic acids is 1. The van der Waals surface area contributed by atoms with Gasteiger partial charge in [0.25, 0.3) is 0 Å². The van der Waals surface area contributed by atoms with Gasteiger partial charge in [-0.2, -0.15) is 0 Å². The lowest BCUT2D eigenvalue weighted by atomic mass is 9.85. The second kappa shape index (κ2) is 4.61. The van der Waals surface area contributed by atoms with Crippen molar-refractivity contribution in [2.24, 2.45) is 0 Å². The van der Waals surface area contributed by atoms with Gasteiger partial charge in [0.2, 0.25) is 11.5 Å². The lowest BCUT2D eigenvalue weighted by Crippen LogP contribution is -2.13. The SMILES string of the molecule is O=C1C(O)=C(O)c2cccc3ccc(-c4ccc(O)cc4)c1c23. The summed E-state index contributed by atoms with van der Waals surface area (Å²) in [5, 5.41) is 31.0. The normalized spacial score (nSPS) is 13.7. The molecule has 0 aromatic heterocycles. The number of ketones is 1. The largest absolute Gasteiger partial charge is 0.508 e. The van der Waals surface area contributed by atoms with E-state index in [2.05, 4.69) is 0 Å². The van der Waals surface area contributed by atoms with Crippen LogP contribution in [0.3, 0.4) is 0 Å². The molecule has 0 unspecified atom stereocenters. The molecule has 23 heavy (non-hydrogen) atoms. The fraction of sp³-hybridized carbons (Fsp3) is 0. The van der Waals surface area contributed by atoms with Crippen LogP contribution in [0.2, 0.25) is 0 Å². The van der Waals surface area contributed by atoms with E-state index < -0.39 is 17.3 Å². The highest BCUT2D eigenvalue weighted by Crippen LogP contribution is 2.39. The van der Waals surface area contributed by atoms with E-state index in [1.165, 1.54) is 0 Å². The molecule has 3 N–H and O–H groups in total. The Kier molecular flexibility index (Phi) is 2.69. The average molecular weight is 304 g/mol. The monoisotopic (exact) mass is 304 g/mol. The molecule has 0 amide bonds. The van der Waals surface area contributed by atoms with Crippen molar-refractivity contribution in [1.82, 2.24) is 0 Å². The smallest absolute Gasteiger partial charge is 0.232 e. The van der Waals surface area contributed by atoms with Crippen LogP contribution in [0, 0.1) is 0 Å². The van der Waals surface area contributed by atoms with Gasteiger partial charge in [0.1, 0.15) is 5.75 Å². The molecule has 4 rings (SSSR count). The summed E-state index contributed by atoms with van der Waals surface area (Å²) in [7, 11) is 0. The van der Waals surface area contributed by atoms with Crippen molar-refractivity contribution in [1.29, 1.82) is 0 Å². The molecule has 0 radical (unpaired) electrons. The van der Waals surface area contributed by atoms with Gasteiger partial charge in [-0.05, 0) is 28.6 Å². The zero-order valence-electron chi connectivity index (χ0n) is 11.9. The third kappa shape index (κ3) is 1.82. The maximum atomic E-state index is 12.6. The molecule has 0 saturated heterocycles. The molecular formula is C19H12O4. The van der Waals surface area contributed by atoms with Gasteiger partial charge in [-0.25, -0.2) is 0 Å². The Morgan fingerprint density at radius 1 is 0.696 bits per heavy atom. The number of hydrogen-bond donors (Lipinski definition) is 3. The van der Waals surface area contributed by atoms with E-state index in [0.29, 0.717) is 22.1 Å². The number of Topliss-reactive ketones (excluding diaryl/α,β-unsaturated/α-hetero) is 1. The van der Waals surface area contributed by atoms with Gasteiger partial charge in [-0.1, -0.05) is 42.5 Å². The topological polar surface area (TPSA) is 77.8 Å². The first-order valence-corrected chi connectivity index (χ1v) is 7.10. The summed E-state index contributed by atoms with van der Waals surface area (Å²) in [6, 6.07) is 15.5. The number of aliphatic hydroxyl groups is 2. The molecular weight excluding hydrogens is 292 g/mol. The molecule has 0 heterocycles. The molecule has 0 bridgehead atoms. The molecule has 0 aliphatic heterocycles. The molecule has 3 aromatic carbocycles. The number of aliphatic hydroxyl groups excluding tert-OH is 2. The predicted octanol–water partition coefficient (Wildman–Crippen LogP) is 4.19. The van der Waals surface area contributed by atoms with Crippen LogP contribution in [-0.2, 0) is 0 Å². The van der Waals surface area contributed by atoms with Gasteiger partial charge in [-0.15, -0.1) is 0 Å². The van der Waals surface area contributed by atoms with Gasteiger partial charge >= 0.3 is 0 Å². The highest BCUT2D eigenvalue weighted by atomic mass is 16.3. The first-order valence-electron chi connectivity index (χ1n) is 7.10. The second-order valence-corrected chi connectivity index (χ2v) is 5.47. The lowest BCUT2D eigenvalue weighted by molar-refractivity contribution is 0.0975. The summed E-state index contributed by atoms with van der Waals surface area (Å²) < 4.78 is 0. The fourth-order valence-electron chi connectivity index (χ4n) is 3.05. The number of aromatic hydroxyl groups is 1. The van der Waals surface area contributed by atoms with E-state index in [0.717, 1.165) is 10.9 Å². The molecule has 4 nitrogen and oxygen atoms in total. The quantitative estimate of drug-likeness (QED) is 0.630. The molecule has 4 heteroatoms.